The molecule has 0 aliphatic carbocycles. The second-order valence-electron chi connectivity index (χ2n) is 7.75. The molecule has 0 fully saturated rings. The van der Waals surface area contributed by atoms with Crippen molar-refractivity contribution in [3.8, 4) is 5.75 Å². The maximum Gasteiger partial charge on any atom is 0.264 e. The number of hydrazone groups is 1. The third-order valence-electron chi connectivity index (χ3n) is 5.00. The number of sulfonamides is 1. The normalized spacial score (nSPS) is 11.5. The van der Waals surface area contributed by atoms with Gasteiger partial charge in [-0.2, -0.15) is 5.10 Å². The number of hydrogen-bond acceptors (Lipinski definition) is 6. The lowest BCUT2D eigenvalue weighted by molar-refractivity contribution is -0.119. The smallest absolute Gasteiger partial charge is 0.264 e. The summed E-state index contributed by atoms with van der Waals surface area (Å²) in [7, 11) is -4.04. The van der Waals surface area contributed by atoms with E-state index in [-0.39, 0.29) is 10.8 Å². The summed E-state index contributed by atoms with van der Waals surface area (Å²) in [6, 6.07) is 21.3. The van der Waals surface area contributed by atoms with Crippen LogP contribution in [0.25, 0.3) is 0 Å². The van der Waals surface area contributed by atoms with Gasteiger partial charge in [0, 0.05) is 12.6 Å². The fraction of sp³-hybridized carbons (Fsp3) is 0.192. The zero-order chi connectivity index (χ0) is 26.1. The average Bonchev–Trinajstić information content (AvgIpc) is 2.87. The standard InChI is InChI=1S/C26H28N4O5S/c1-4-35-24-15-13-23(14-16-24)30(36(33,34)25-11-6-5-7-12-25)18-26(32)29-28-19(2)21-9-8-10-22(17-21)27-20(3)31/h5-17H,4,18H2,1-3H3,(H,27,31)(H,29,32)/b28-19-. The molecular weight excluding hydrogens is 480 g/mol. The number of carbonyl (C=O) groups excluding carboxylic acids is 2. The van der Waals surface area contributed by atoms with Crippen LogP contribution in [0.5, 0.6) is 5.75 Å². The summed E-state index contributed by atoms with van der Waals surface area (Å²) in [6.07, 6.45) is 0. The molecule has 9 nitrogen and oxygen atoms in total. The summed E-state index contributed by atoms with van der Waals surface area (Å²) in [4.78, 5) is 24.2. The number of hydrogen-bond donors (Lipinski definition) is 2. The molecule has 0 aromatic heterocycles. The molecule has 2 N–H and O–H groups in total. The third-order valence-corrected chi connectivity index (χ3v) is 6.79. The molecule has 0 aliphatic heterocycles. The van der Waals surface area contributed by atoms with Crippen LogP contribution in [0.2, 0.25) is 0 Å². The van der Waals surface area contributed by atoms with Gasteiger partial charge in [0.15, 0.2) is 0 Å². The van der Waals surface area contributed by atoms with Crippen molar-refractivity contribution in [2.45, 2.75) is 25.7 Å². The Labute approximate surface area is 210 Å². The van der Waals surface area contributed by atoms with Crippen molar-refractivity contribution in [2.24, 2.45) is 5.10 Å². The Morgan fingerprint density at radius 3 is 2.28 bits per heavy atom. The van der Waals surface area contributed by atoms with Gasteiger partial charge in [-0.3, -0.25) is 13.9 Å². The monoisotopic (exact) mass is 508 g/mol. The minimum absolute atomic E-state index is 0.0566. The lowest BCUT2D eigenvalue weighted by Crippen LogP contribution is -2.39. The highest BCUT2D eigenvalue weighted by molar-refractivity contribution is 7.92. The van der Waals surface area contributed by atoms with Gasteiger partial charge in [-0.1, -0.05) is 30.3 Å². The van der Waals surface area contributed by atoms with E-state index in [1.54, 1.807) is 73.7 Å². The van der Waals surface area contributed by atoms with Crippen molar-refractivity contribution in [1.29, 1.82) is 0 Å². The maximum absolute atomic E-state index is 13.4. The number of nitrogens with zero attached hydrogens (tertiary/aromatic N) is 2. The minimum Gasteiger partial charge on any atom is -0.494 e. The zero-order valence-electron chi connectivity index (χ0n) is 20.3. The molecule has 0 atom stereocenters. The molecule has 0 spiro atoms. The van der Waals surface area contributed by atoms with Crippen molar-refractivity contribution < 1.29 is 22.7 Å². The van der Waals surface area contributed by atoms with Crippen LogP contribution >= 0.6 is 0 Å². The van der Waals surface area contributed by atoms with E-state index in [4.69, 9.17) is 4.74 Å². The molecule has 3 aromatic carbocycles. The largest absolute Gasteiger partial charge is 0.494 e. The first kappa shape index (κ1) is 26.4. The van der Waals surface area contributed by atoms with Gasteiger partial charge < -0.3 is 10.1 Å². The molecule has 2 amide bonds. The molecule has 0 saturated carbocycles. The van der Waals surface area contributed by atoms with Crippen molar-refractivity contribution >= 4 is 38.9 Å². The van der Waals surface area contributed by atoms with Gasteiger partial charge in [-0.05, 0) is 67.9 Å². The van der Waals surface area contributed by atoms with Gasteiger partial charge in [0.2, 0.25) is 5.91 Å². The predicted molar refractivity (Wildman–Crippen MR) is 140 cm³/mol. The van der Waals surface area contributed by atoms with E-state index < -0.39 is 22.5 Å². The van der Waals surface area contributed by atoms with Crippen LogP contribution in [0.4, 0.5) is 11.4 Å². The maximum atomic E-state index is 13.4. The van der Waals surface area contributed by atoms with Crippen LogP contribution in [0.1, 0.15) is 26.3 Å². The number of ether oxygens (including phenoxy) is 1. The van der Waals surface area contributed by atoms with Crippen molar-refractivity contribution in [1.82, 2.24) is 5.43 Å². The molecule has 0 bridgehead atoms. The quantitative estimate of drug-likeness (QED) is 0.319. The van der Waals surface area contributed by atoms with Gasteiger partial charge in [0.05, 0.1) is 22.9 Å². The topological polar surface area (TPSA) is 117 Å². The second-order valence-corrected chi connectivity index (χ2v) is 9.61. The number of nitrogens with one attached hydrogen (secondary N) is 2. The fourth-order valence-corrected chi connectivity index (χ4v) is 4.75. The van der Waals surface area contributed by atoms with Crippen LogP contribution in [0.15, 0.2) is 88.9 Å². The Bertz CT molecular complexity index is 1340. The molecule has 188 valence electrons. The SMILES string of the molecule is CCOc1ccc(N(CC(=O)N/N=C(/C)c2cccc(NC(C)=O)c2)S(=O)(=O)c2ccccc2)cc1. The summed E-state index contributed by atoms with van der Waals surface area (Å²) in [6.45, 7) is 4.93. The number of benzene rings is 3. The summed E-state index contributed by atoms with van der Waals surface area (Å²) in [5.74, 6) is -0.241. The van der Waals surface area contributed by atoms with Gasteiger partial charge in [0.25, 0.3) is 15.9 Å². The average molecular weight is 509 g/mol. The first-order valence-corrected chi connectivity index (χ1v) is 12.7. The van der Waals surface area contributed by atoms with Crippen molar-refractivity contribution in [3.05, 3.63) is 84.4 Å². The molecule has 3 aromatic rings. The highest BCUT2D eigenvalue weighted by Crippen LogP contribution is 2.25. The first-order valence-electron chi connectivity index (χ1n) is 11.2. The molecule has 0 aliphatic rings. The van der Waals surface area contributed by atoms with Gasteiger partial charge >= 0.3 is 0 Å². The molecule has 0 radical (unpaired) electrons. The van der Waals surface area contributed by atoms with Gasteiger partial charge in [-0.15, -0.1) is 0 Å². The van der Waals surface area contributed by atoms with Crippen molar-refractivity contribution in [2.75, 3.05) is 22.8 Å². The number of anilines is 2. The van der Waals surface area contributed by atoms with Gasteiger partial charge in [-0.25, -0.2) is 13.8 Å². The molecule has 10 heteroatoms. The van der Waals surface area contributed by atoms with Crippen LogP contribution in [0.3, 0.4) is 0 Å². The fourth-order valence-electron chi connectivity index (χ4n) is 3.31. The Hall–Kier alpha value is -4.18. The van der Waals surface area contributed by atoms with Crippen LogP contribution in [-0.2, 0) is 19.6 Å². The lowest BCUT2D eigenvalue weighted by atomic mass is 10.1. The predicted octanol–water partition coefficient (Wildman–Crippen LogP) is 3.78. The lowest BCUT2D eigenvalue weighted by Gasteiger charge is -2.24. The molecule has 0 unspecified atom stereocenters. The number of amides is 2. The number of rotatable bonds is 10. The molecule has 3 rings (SSSR count). The molecule has 0 heterocycles. The summed E-state index contributed by atoms with van der Waals surface area (Å²) < 4.78 is 33.3. The van der Waals surface area contributed by atoms with Crippen LogP contribution in [0, 0.1) is 0 Å². The third kappa shape index (κ3) is 6.92. The van der Waals surface area contributed by atoms with E-state index in [1.807, 2.05) is 6.92 Å². The van der Waals surface area contributed by atoms with Gasteiger partial charge in [0.1, 0.15) is 12.3 Å². The van der Waals surface area contributed by atoms with E-state index in [0.717, 1.165) is 4.31 Å². The summed E-state index contributed by atoms with van der Waals surface area (Å²) in [5.41, 5.74) is 4.49. The number of carbonyl (C=O) groups is 2. The van der Waals surface area contributed by atoms with Crippen LogP contribution in [-0.4, -0.2) is 39.1 Å². The molecular formula is C26H28N4O5S. The molecule has 0 saturated heterocycles. The summed E-state index contributed by atoms with van der Waals surface area (Å²) in [5, 5.41) is 6.81. The second kappa shape index (κ2) is 12.0. The van der Waals surface area contributed by atoms with E-state index in [0.29, 0.717) is 35.0 Å². The van der Waals surface area contributed by atoms with Crippen LogP contribution < -0.4 is 19.8 Å². The van der Waals surface area contributed by atoms with E-state index in [2.05, 4.69) is 15.8 Å². The molecule has 36 heavy (non-hydrogen) atoms. The summed E-state index contributed by atoms with van der Waals surface area (Å²) >= 11 is 0. The Morgan fingerprint density at radius 1 is 0.944 bits per heavy atom. The van der Waals surface area contributed by atoms with Crippen molar-refractivity contribution in [3.63, 3.8) is 0 Å². The Morgan fingerprint density at radius 2 is 1.64 bits per heavy atom. The highest BCUT2D eigenvalue weighted by atomic mass is 32.2. The highest BCUT2D eigenvalue weighted by Gasteiger charge is 2.27. The Balaban J connectivity index is 1.83. The Kier molecular flexibility index (Phi) is 8.80. The van der Waals surface area contributed by atoms with E-state index >= 15 is 0 Å². The zero-order valence-corrected chi connectivity index (χ0v) is 21.1. The first-order chi connectivity index (χ1) is 17.2. The van der Waals surface area contributed by atoms with E-state index in [1.165, 1.54) is 19.1 Å². The van der Waals surface area contributed by atoms with E-state index in [9.17, 15) is 18.0 Å². The minimum atomic E-state index is -4.04.